The van der Waals surface area contributed by atoms with Crippen LogP contribution in [0.15, 0.2) is 53.1 Å². The Labute approximate surface area is 146 Å². The van der Waals surface area contributed by atoms with Gasteiger partial charge in [-0.15, -0.1) is 0 Å². The first-order chi connectivity index (χ1) is 11.9. The van der Waals surface area contributed by atoms with Gasteiger partial charge in [-0.1, -0.05) is 18.2 Å². The van der Waals surface area contributed by atoms with Gasteiger partial charge in [0.2, 0.25) is 0 Å². The number of carbonyl (C=O) groups is 1. The fourth-order valence-corrected chi connectivity index (χ4v) is 2.55. The van der Waals surface area contributed by atoms with Crippen molar-refractivity contribution in [2.75, 3.05) is 6.54 Å². The van der Waals surface area contributed by atoms with Crippen molar-refractivity contribution in [3.8, 4) is 5.69 Å². The molecule has 25 heavy (non-hydrogen) atoms. The van der Waals surface area contributed by atoms with E-state index in [0.717, 1.165) is 5.69 Å². The monoisotopic (exact) mass is 339 g/mol. The number of benzene rings is 1. The third-order valence-electron chi connectivity index (χ3n) is 4.03. The lowest BCUT2D eigenvalue weighted by Crippen LogP contribution is -2.38. The van der Waals surface area contributed by atoms with Gasteiger partial charge < -0.3 is 14.8 Å². The number of para-hydroxylation sites is 1. The Morgan fingerprint density at radius 3 is 2.60 bits per heavy atom. The summed E-state index contributed by atoms with van der Waals surface area (Å²) in [6, 6.07) is 13.1. The highest BCUT2D eigenvalue weighted by Crippen LogP contribution is 2.22. The van der Waals surface area contributed by atoms with E-state index in [1.54, 1.807) is 43.8 Å². The van der Waals surface area contributed by atoms with E-state index in [4.69, 9.17) is 4.42 Å². The largest absolute Gasteiger partial charge is 0.463 e. The second kappa shape index (κ2) is 6.57. The van der Waals surface area contributed by atoms with Crippen LogP contribution in [0.3, 0.4) is 0 Å². The zero-order chi connectivity index (χ0) is 18.0. The predicted octanol–water partition coefficient (Wildman–Crippen LogP) is 2.72. The van der Waals surface area contributed by atoms with Gasteiger partial charge in [0.15, 0.2) is 0 Å². The van der Waals surface area contributed by atoms with Gasteiger partial charge in [-0.3, -0.25) is 4.79 Å². The normalized spacial score (nSPS) is 13.4. The Morgan fingerprint density at radius 1 is 1.24 bits per heavy atom. The van der Waals surface area contributed by atoms with Crippen LogP contribution in [0.4, 0.5) is 0 Å². The van der Waals surface area contributed by atoms with Crippen molar-refractivity contribution >= 4 is 5.91 Å². The number of aromatic nitrogens is 2. The Hall–Kier alpha value is -2.86. The van der Waals surface area contributed by atoms with Crippen molar-refractivity contribution < 1.29 is 14.3 Å². The summed E-state index contributed by atoms with van der Waals surface area (Å²) in [6.07, 6.45) is 1.69. The highest BCUT2D eigenvalue weighted by atomic mass is 16.4. The van der Waals surface area contributed by atoms with E-state index in [2.05, 4.69) is 10.4 Å². The maximum atomic E-state index is 12.5. The molecular weight excluding hydrogens is 318 g/mol. The molecule has 0 aliphatic carbocycles. The van der Waals surface area contributed by atoms with Crippen LogP contribution in [-0.2, 0) is 5.60 Å². The molecule has 2 heterocycles. The third-order valence-corrected chi connectivity index (χ3v) is 4.03. The molecule has 3 aromatic rings. The average molecular weight is 339 g/mol. The first kappa shape index (κ1) is 17.0. The summed E-state index contributed by atoms with van der Waals surface area (Å²) >= 11 is 0. The molecule has 0 fully saturated rings. The van der Waals surface area contributed by atoms with Crippen molar-refractivity contribution in [2.24, 2.45) is 0 Å². The standard InChI is InChI=1S/C19H21N3O3/c1-13-9-10-17(25-13)19(3,24)12-20-18(23)16-11-22(21-14(16)2)15-7-5-4-6-8-15/h4-11,24H,12H2,1-3H3,(H,20,23). The van der Waals surface area contributed by atoms with E-state index in [1.807, 2.05) is 30.3 Å². The molecule has 2 N–H and O–H groups in total. The number of amides is 1. The number of carbonyl (C=O) groups excluding carboxylic acids is 1. The minimum atomic E-state index is -1.28. The molecule has 0 aliphatic heterocycles. The molecule has 3 rings (SSSR count). The molecule has 0 spiro atoms. The molecule has 0 bridgehead atoms. The fourth-order valence-electron chi connectivity index (χ4n) is 2.55. The maximum absolute atomic E-state index is 12.5. The molecule has 2 aromatic heterocycles. The summed E-state index contributed by atoms with van der Waals surface area (Å²) in [4.78, 5) is 12.5. The molecule has 130 valence electrons. The lowest BCUT2D eigenvalue weighted by Gasteiger charge is -2.21. The summed E-state index contributed by atoms with van der Waals surface area (Å²) in [7, 11) is 0. The molecule has 1 aromatic carbocycles. The second-order valence-corrected chi connectivity index (χ2v) is 6.28. The third kappa shape index (κ3) is 3.64. The molecule has 0 radical (unpaired) electrons. The molecule has 6 nitrogen and oxygen atoms in total. The van der Waals surface area contributed by atoms with Crippen molar-refractivity contribution in [1.82, 2.24) is 15.1 Å². The fraction of sp³-hybridized carbons (Fsp3) is 0.263. The zero-order valence-corrected chi connectivity index (χ0v) is 14.5. The minimum Gasteiger partial charge on any atom is -0.463 e. The second-order valence-electron chi connectivity index (χ2n) is 6.28. The van der Waals surface area contributed by atoms with Crippen LogP contribution >= 0.6 is 0 Å². The van der Waals surface area contributed by atoms with Gasteiger partial charge in [0.25, 0.3) is 5.91 Å². The number of aliphatic hydroxyl groups is 1. The van der Waals surface area contributed by atoms with Crippen LogP contribution in [-0.4, -0.2) is 27.3 Å². The van der Waals surface area contributed by atoms with Gasteiger partial charge >= 0.3 is 0 Å². The van der Waals surface area contributed by atoms with Crippen molar-refractivity contribution in [3.05, 3.63) is 71.4 Å². The molecule has 6 heteroatoms. The van der Waals surface area contributed by atoms with Gasteiger partial charge in [0, 0.05) is 6.20 Å². The number of nitrogens with zero attached hydrogens (tertiary/aromatic N) is 2. The first-order valence-electron chi connectivity index (χ1n) is 8.06. The van der Waals surface area contributed by atoms with Gasteiger partial charge in [-0.2, -0.15) is 5.10 Å². The lowest BCUT2D eigenvalue weighted by atomic mass is 10.0. The van der Waals surface area contributed by atoms with Gasteiger partial charge in [-0.05, 0) is 45.0 Å². The highest BCUT2D eigenvalue weighted by Gasteiger charge is 2.28. The zero-order valence-electron chi connectivity index (χ0n) is 14.5. The van der Waals surface area contributed by atoms with Crippen molar-refractivity contribution in [1.29, 1.82) is 0 Å². The molecule has 0 aliphatic rings. The summed E-state index contributed by atoms with van der Waals surface area (Å²) < 4.78 is 7.12. The number of hydrogen-bond donors (Lipinski definition) is 2. The topological polar surface area (TPSA) is 80.3 Å². The molecule has 0 saturated carbocycles. The Morgan fingerprint density at radius 2 is 1.96 bits per heavy atom. The van der Waals surface area contributed by atoms with Crippen molar-refractivity contribution in [2.45, 2.75) is 26.4 Å². The van der Waals surface area contributed by atoms with Gasteiger partial charge in [0.1, 0.15) is 17.1 Å². The molecule has 1 atom stereocenters. The highest BCUT2D eigenvalue weighted by molar-refractivity contribution is 5.95. The van der Waals surface area contributed by atoms with Gasteiger partial charge in [0.05, 0.1) is 23.5 Å². The SMILES string of the molecule is Cc1ccc(C(C)(O)CNC(=O)c2cn(-c3ccccc3)nc2C)o1. The summed E-state index contributed by atoms with van der Waals surface area (Å²) in [6.45, 7) is 5.22. The minimum absolute atomic E-state index is 0.0365. The molecule has 0 saturated heterocycles. The molecule has 1 unspecified atom stereocenters. The average Bonchev–Trinajstić information content (AvgIpc) is 3.20. The Balaban J connectivity index is 1.72. The number of aryl methyl sites for hydroxylation is 2. The quantitative estimate of drug-likeness (QED) is 0.749. The van der Waals surface area contributed by atoms with Crippen molar-refractivity contribution in [3.63, 3.8) is 0 Å². The van der Waals surface area contributed by atoms with Crippen LogP contribution in [0.5, 0.6) is 0 Å². The lowest BCUT2D eigenvalue weighted by molar-refractivity contribution is 0.0323. The van der Waals surface area contributed by atoms with E-state index in [-0.39, 0.29) is 12.5 Å². The van der Waals surface area contributed by atoms with Crippen LogP contribution in [0, 0.1) is 13.8 Å². The number of furan rings is 1. The van der Waals surface area contributed by atoms with Gasteiger partial charge in [-0.25, -0.2) is 4.68 Å². The Kier molecular flexibility index (Phi) is 4.46. The van der Waals surface area contributed by atoms with Crippen LogP contribution < -0.4 is 5.32 Å². The van der Waals surface area contributed by atoms with E-state index in [1.165, 1.54) is 0 Å². The number of nitrogens with one attached hydrogen (secondary N) is 1. The summed E-state index contributed by atoms with van der Waals surface area (Å²) in [5, 5.41) is 17.7. The molecule has 1 amide bonds. The van der Waals surface area contributed by atoms with Crippen LogP contribution in [0.1, 0.15) is 34.5 Å². The maximum Gasteiger partial charge on any atom is 0.254 e. The van der Waals surface area contributed by atoms with E-state index in [0.29, 0.717) is 22.8 Å². The molecular formula is C19H21N3O3. The van der Waals surface area contributed by atoms with E-state index < -0.39 is 5.60 Å². The van der Waals surface area contributed by atoms with Crippen LogP contribution in [0.2, 0.25) is 0 Å². The first-order valence-corrected chi connectivity index (χ1v) is 8.06. The number of rotatable bonds is 5. The number of hydrogen-bond acceptors (Lipinski definition) is 4. The van der Waals surface area contributed by atoms with E-state index in [9.17, 15) is 9.90 Å². The smallest absolute Gasteiger partial charge is 0.254 e. The summed E-state index contributed by atoms with van der Waals surface area (Å²) in [5.41, 5.74) is 0.681. The Bertz CT molecular complexity index is 878. The van der Waals surface area contributed by atoms with E-state index >= 15 is 0 Å². The van der Waals surface area contributed by atoms with Crippen LogP contribution in [0.25, 0.3) is 5.69 Å². The predicted molar refractivity (Wildman–Crippen MR) is 93.7 cm³/mol. The summed E-state index contributed by atoms with van der Waals surface area (Å²) in [5.74, 6) is 0.840.